The van der Waals surface area contributed by atoms with E-state index in [0.29, 0.717) is 6.54 Å². The van der Waals surface area contributed by atoms with E-state index in [1.165, 1.54) is 7.11 Å². The Hall–Kier alpha value is -0.710. The first-order valence-corrected chi connectivity index (χ1v) is 4.67. The number of nitriles is 1. The molecule has 1 heterocycles. The molecule has 1 N–H and O–H groups in total. The van der Waals surface area contributed by atoms with E-state index in [9.17, 15) is 0 Å². The first kappa shape index (κ1) is 12.4. The van der Waals surface area contributed by atoms with Gasteiger partial charge in [0, 0.05) is 20.8 Å². The van der Waals surface area contributed by atoms with Gasteiger partial charge in [0.2, 0.25) is 0 Å². The average Bonchev–Trinajstić information content (AvgIpc) is 2.65. The van der Waals surface area contributed by atoms with E-state index >= 15 is 0 Å². The molecule has 1 rings (SSSR count). The van der Waals surface area contributed by atoms with Crippen molar-refractivity contribution in [2.24, 2.45) is 0 Å². The lowest BCUT2D eigenvalue weighted by Gasteiger charge is -2.20. The summed E-state index contributed by atoms with van der Waals surface area (Å²) in [6, 6.07) is 1.76. The minimum Gasteiger partial charge on any atom is -0.359 e. The Balaban J connectivity index is 2.44. The van der Waals surface area contributed by atoms with Crippen LogP contribution in [0.5, 0.6) is 0 Å². The Labute approximate surface area is 89.0 Å². The van der Waals surface area contributed by atoms with Gasteiger partial charge in [-0.1, -0.05) is 0 Å². The highest BCUT2D eigenvalue weighted by molar-refractivity contribution is 5.04. The summed E-state index contributed by atoms with van der Waals surface area (Å²) in [6.45, 7) is 0.921. The van der Waals surface area contributed by atoms with Crippen molar-refractivity contribution < 1.29 is 18.9 Å². The number of nitrogens with one attached hydrogen (secondary N) is 1. The summed E-state index contributed by atoms with van der Waals surface area (Å²) in [5.74, 6) is 0. The SMILES string of the molecule is COCO[C@@H]1[C@@H](OCOC)CN[C@@H]1C#N. The van der Waals surface area contributed by atoms with Crippen LogP contribution in [0, 0.1) is 11.3 Å². The molecule has 0 aromatic rings. The molecule has 1 aliphatic rings. The van der Waals surface area contributed by atoms with E-state index in [-0.39, 0.29) is 31.8 Å². The molecule has 0 aromatic heterocycles. The zero-order chi connectivity index (χ0) is 11.1. The first-order valence-electron chi connectivity index (χ1n) is 4.67. The molecule has 0 spiro atoms. The van der Waals surface area contributed by atoms with Gasteiger partial charge in [-0.3, -0.25) is 5.32 Å². The van der Waals surface area contributed by atoms with Crippen LogP contribution < -0.4 is 5.32 Å². The fourth-order valence-electron chi connectivity index (χ4n) is 1.47. The molecule has 0 bridgehead atoms. The third kappa shape index (κ3) is 3.41. The maximum Gasteiger partial charge on any atom is 0.146 e. The molecule has 1 saturated heterocycles. The molecule has 3 atom stereocenters. The molecule has 6 heteroatoms. The predicted octanol–water partition coefficient (Wildman–Crippen LogP) is -0.540. The van der Waals surface area contributed by atoms with Crippen LogP contribution in [-0.2, 0) is 18.9 Å². The normalized spacial score (nSPS) is 30.3. The van der Waals surface area contributed by atoms with Crippen molar-refractivity contribution in [3.63, 3.8) is 0 Å². The topological polar surface area (TPSA) is 72.7 Å². The number of methoxy groups -OCH3 is 2. The van der Waals surface area contributed by atoms with Crippen molar-refractivity contribution in [3.8, 4) is 6.07 Å². The summed E-state index contributed by atoms with van der Waals surface area (Å²) in [5, 5.41) is 11.9. The van der Waals surface area contributed by atoms with Crippen LogP contribution >= 0.6 is 0 Å². The van der Waals surface area contributed by atoms with Gasteiger partial charge in [0.05, 0.1) is 6.07 Å². The molecule has 1 aliphatic heterocycles. The van der Waals surface area contributed by atoms with Crippen molar-refractivity contribution in [2.75, 3.05) is 34.4 Å². The van der Waals surface area contributed by atoms with Crippen LogP contribution in [0.25, 0.3) is 0 Å². The standard InChI is InChI=1S/C9H16N2O4/c1-12-5-14-8-4-11-7(3-10)9(8)15-6-13-2/h7-9,11H,4-6H2,1-2H3/t7-,8+,9+/m1/s1. The maximum atomic E-state index is 8.86. The summed E-state index contributed by atoms with van der Waals surface area (Å²) in [5.41, 5.74) is 0. The Morgan fingerprint density at radius 3 is 2.53 bits per heavy atom. The lowest BCUT2D eigenvalue weighted by atomic mass is 10.1. The number of hydrogen-bond donors (Lipinski definition) is 1. The summed E-state index contributed by atoms with van der Waals surface area (Å²) >= 11 is 0. The second-order valence-electron chi connectivity index (χ2n) is 3.16. The number of rotatable bonds is 6. The molecule has 86 valence electrons. The predicted molar refractivity (Wildman–Crippen MR) is 50.9 cm³/mol. The van der Waals surface area contributed by atoms with Crippen molar-refractivity contribution in [2.45, 2.75) is 18.2 Å². The summed E-state index contributed by atoms with van der Waals surface area (Å²) in [7, 11) is 3.09. The quantitative estimate of drug-likeness (QED) is 0.601. The van der Waals surface area contributed by atoms with Gasteiger partial charge in [-0.05, 0) is 0 Å². The number of hydrogen-bond acceptors (Lipinski definition) is 6. The summed E-state index contributed by atoms with van der Waals surface area (Å²) in [4.78, 5) is 0. The van der Waals surface area contributed by atoms with Crippen LogP contribution in [0.4, 0.5) is 0 Å². The number of nitrogens with zero attached hydrogens (tertiary/aromatic N) is 1. The van der Waals surface area contributed by atoms with Crippen molar-refractivity contribution in [1.29, 1.82) is 5.26 Å². The molecule has 0 saturated carbocycles. The van der Waals surface area contributed by atoms with Gasteiger partial charge in [-0.15, -0.1) is 0 Å². The first-order chi connectivity index (χ1) is 7.33. The fraction of sp³-hybridized carbons (Fsp3) is 0.889. The Morgan fingerprint density at radius 1 is 1.27 bits per heavy atom. The molecule has 15 heavy (non-hydrogen) atoms. The van der Waals surface area contributed by atoms with E-state index in [1.54, 1.807) is 7.11 Å². The van der Waals surface area contributed by atoms with Gasteiger partial charge < -0.3 is 18.9 Å². The van der Waals surface area contributed by atoms with Crippen molar-refractivity contribution in [1.82, 2.24) is 5.32 Å². The molecular formula is C9H16N2O4. The molecular weight excluding hydrogens is 200 g/mol. The van der Waals surface area contributed by atoms with Gasteiger partial charge in [-0.25, -0.2) is 0 Å². The molecule has 6 nitrogen and oxygen atoms in total. The molecule has 0 unspecified atom stereocenters. The van der Waals surface area contributed by atoms with Crippen LogP contribution in [-0.4, -0.2) is 52.6 Å². The maximum absolute atomic E-state index is 8.86. The lowest BCUT2D eigenvalue weighted by molar-refractivity contribution is -0.143. The van der Waals surface area contributed by atoms with Gasteiger partial charge in [0.25, 0.3) is 0 Å². The van der Waals surface area contributed by atoms with E-state index in [4.69, 9.17) is 24.2 Å². The van der Waals surface area contributed by atoms with E-state index in [2.05, 4.69) is 11.4 Å². The van der Waals surface area contributed by atoms with Crippen LogP contribution in [0.2, 0.25) is 0 Å². The highest BCUT2D eigenvalue weighted by Crippen LogP contribution is 2.15. The summed E-state index contributed by atoms with van der Waals surface area (Å²) in [6.07, 6.45) is -0.491. The van der Waals surface area contributed by atoms with Gasteiger partial charge in [0.15, 0.2) is 0 Å². The van der Waals surface area contributed by atoms with Gasteiger partial charge in [0.1, 0.15) is 31.8 Å². The monoisotopic (exact) mass is 216 g/mol. The smallest absolute Gasteiger partial charge is 0.146 e. The van der Waals surface area contributed by atoms with Gasteiger partial charge >= 0.3 is 0 Å². The van der Waals surface area contributed by atoms with E-state index in [0.717, 1.165) is 0 Å². The Kier molecular flexibility index (Phi) is 5.53. The third-order valence-corrected chi connectivity index (χ3v) is 2.15. The van der Waals surface area contributed by atoms with Crippen molar-refractivity contribution >= 4 is 0 Å². The van der Waals surface area contributed by atoms with Crippen molar-refractivity contribution in [3.05, 3.63) is 0 Å². The second kappa shape index (κ2) is 6.71. The minimum atomic E-state index is -0.359. The lowest BCUT2D eigenvalue weighted by Crippen LogP contribution is -2.36. The highest BCUT2D eigenvalue weighted by Gasteiger charge is 2.37. The molecule has 0 aromatic carbocycles. The van der Waals surface area contributed by atoms with Crippen LogP contribution in [0.15, 0.2) is 0 Å². The molecule has 1 fully saturated rings. The van der Waals surface area contributed by atoms with E-state index < -0.39 is 0 Å². The largest absolute Gasteiger partial charge is 0.359 e. The van der Waals surface area contributed by atoms with Crippen LogP contribution in [0.3, 0.4) is 0 Å². The molecule has 0 amide bonds. The minimum absolute atomic E-state index is 0.150. The zero-order valence-corrected chi connectivity index (χ0v) is 8.93. The summed E-state index contributed by atoms with van der Waals surface area (Å²) < 4.78 is 20.4. The van der Waals surface area contributed by atoms with Gasteiger partial charge in [-0.2, -0.15) is 5.26 Å². The Morgan fingerprint density at radius 2 is 1.93 bits per heavy atom. The van der Waals surface area contributed by atoms with E-state index in [1.807, 2.05) is 0 Å². The average molecular weight is 216 g/mol. The Bertz CT molecular complexity index is 219. The second-order valence-corrected chi connectivity index (χ2v) is 3.16. The molecule has 0 radical (unpaired) electrons. The fourth-order valence-corrected chi connectivity index (χ4v) is 1.47. The third-order valence-electron chi connectivity index (χ3n) is 2.15. The number of ether oxygens (including phenoxy) is 4. The van der Waals surface area contributed by atoms with Crippen LogP contribution in [0.1, 0.15) is 0 Å². The zero-order valence-electron chi connectivity index (χ0n) is 8.93. The molecule has 0 aliphatic carbocycles. The highest BCUT2D eigenvalue weighted by atomic mass is 16.7.